The van der Waals surface area contributed by atoms with Crippen LogP contribution in [0.25, 0.3) is 0 Å². The van der Waals surface area contributed by atoms with Crippen molar-refractivity contribution >= 4 is 5.97 Å². The summed E-state index contributed by atoms with van der Waals surface area (Å²) in [6.07, 6.45) is 4.03. The average Bonchev–Trinajstić information content (AvgIpc) is 2.39. The molecule has 1 aliphatic heterocycles. The van der Waals surface area contributed by atoms with Gasteiger partial charge in [0.2, 0.25) is 0 Å². The van der Waals surface area contributed by atoms with Gasteiger partial charge < -0.3 is 9.84 Å². The lowest BCUT2D eigenvalue weighted by Gasteiger charge is -2.06. The van der Waals surface area contributed by atoms with Crippen molar-refractivity contribution in [2.75, 3.05) is 6.61 Å². The number of carboxylic acid groups (broad SMARTS) is 1. The van der Waals surface area contributed by atoms with Gasteiger partial charge in [-0.25, -0.2) is 4.79 Å². The van der Waals surface area contributed by atoms with Gasteiger partial charge in [-0.1, -0.05) is 18.7 Å². The molecular formula is C8H10O3. The summed E-state index contributed by atoms with van der Waals surface area (Å²) in [4.78, 5) is 10.3. The van der Waals surface area contributed by atoms with Gasteiger partial charge in [0.25, 0.3) is 0 Å². The number of carbonyl (C=O) groups is 1. The summed E-state index contributed by atoms with van der Waals surface area (Å²) < 4.78 is 5.14. The molecule has 1 heterocycles. The maximum absolute atomic E-state index is 10.3. The highest BCUT2D eigenvalue weighted by atomic mass is 16.5. The fourth-order valence-electron chi connectivity index (χ4n) is 0.899. The predicted molar refractivity (Wildman–Crippen MR) is 40.3 cm³/mol. The average molecular weight is 154 g/mol. The smallest absolute Gasteiger partial charge is 0.331 e. The molecule has 60 valence electrons. The Balaban J connectivity index is 2.36. The van der Waals surface area contributed by atoms with Gasteiger partial charge in [-0.3, -0.25) is 0 Å². The minimum atomic E-state index is -0.950. The van der Waals surface area contributed by atoms with Gasteiger partial charge in [0.15, 0.2) is 0 Å². The Morgan fingerprint density at radius 3 is 3.00 bits per heavy atom. The summed E-state index contributed by atoms with van der Waals surface area (Å²) in [5, 5.41) is 8.46. The molecule has 1 atom stereocenters. The molecule has 0 aromatic carbocycles. The Hall–Kier alpha value is -1.09. The van der Waals surface area contributed by atoms with Crippen LogP contribution in [-0.4, -0.2) is 23.8 Å². The summed E-state index contributed by atoms with van der Waals surface area (Å²) in [7, 11) is 0. The van der Waals surface area contributed by atoms with Crippen LogP contribution in [0.15, 0.2) is 24.3 Å². The maximum Gasteiger partial charge on any atom is 0.331 e. The van der Waals surface area contributed by atoms with E-state index in [0.29, 0.717) is 13.0 Å². The second kappa shape index (κ2) is 3.34. The molecule has 0 fully saturated rings. The van der Waals surface area contributed by atoms with Crippen molar-refractivity contribution in [3.05, 3.63) is 24.3 Å². The van der Waals surface area contributed by atoms with Crippen molar-refractivity contribution in [3.63, 3.8) is 0 Å². The Morgan fingerprint density at radius 2 is 2.55 bits per heavy atom. The van der Waals surface area contributed by atoms with E-state index in [1.54, 1.807) is 0 Å². The molecule has 1 unspecified atom stereocenters. The largest absolute Gasteiger partial charge is 0.478 e. The molecule has 0 amide bonds. The molecule has 0 saturated carbocycles. The molecule has 0 radical (unpaired) electrons. The molecule has 11 heavy (non-hydrogen) atoms. The number of carboxylic acids is 1. The van der Waals surface area contributed by atoms with Crippen LogP contribution in [0.1, 0.15) is 6.42 Å². The van der Waals surface area contributed by atoms with Gasteiger partial charge in [0.05, 0.1) is 12.7 Å². The van der Waals surface area contributed by atoms with Crippen molar-refractivity contribution in [3.8, 4) is 0 Å². The van der Waals surface area contributed by atoms with Crippen molar-refractivity contribution in [1.82, 2.24) is 0 Å². The molecule has 3 nitrogen and oxygen atoms in total. The first-order valence-corrected chi connectivity index (χ1v) is 3.39. The van der Waals surface area contributed by atoms with Crippen molar-refractivity contribution < 1.29 is 14.6 Å². The SMILES string of the molecule is C=C(CC1C=CCO1)C(=O)O. The van der Waals surface area contributed by atoms with E-state index >= 15 is 0 Å². The number of ether oxygens (including phenoxy) is 1. The lowest BCUT2D eigenvalue weighted by Crippen LogP contribution is -2.10. The lowest BCUT2D eigenvalue weighted by atomic mass is 10.1. The molecule has 0 saturated heterocycles. The highest BCUT2D eigenvalue weighted by molar-refractivity contribution is 5.85. The highest BCUT2D eigenvalue weighted by Gasteiger charge is 2.14. The molecule has 0 aromatic heterocycles. The molecule has 0 spiro atoms. The third-order valence-corrected chi connectivity index (χ3v) is 1.51. The van der Waals surface area contributed by atoms with E-state index in [-0.39, 0.29) is 11.7 Å². The number of rotatable bonds is 3. The van der Waals surface area contributed by atoms with Gasteiger partial charge in [0, 0.05) is 12.0 Å². The van der Waals surface area contributed by atoms with Crippen LogP contribution < -0.4 is 0 Å². The Morgan fingerprint density at radius 1 is 1.82 bits per heavy atom. The van der Waals surface area contributed by atoms with E-state index in [9.17, 15) is 4.79 Å². The molecule has 1 aliphatic rings. The molecular weight excluding hydrogens is 144 g/mol. The zero-order valence-electron chi connectivity index (χ0n) is 6.12. The molecule has 1 rings (SSSR count). The van der Waals surface area contributed by atoms with Crippen LogP contribution >= 0.6 is 0 Å². The quantitative estimate of drug-likeness (QED) is 0.486. The van der Waals surface area contributed by atoms with Crippen LogP contribution in [0.5, 0.6) is 0 Å². The fourth-order valence-corrected chi connectivity index (χ4v) is 0.899. The zero-order chi connectivity index (χ0) is 8.27. The second-order valence-corrected chi connectivity index (χ2v) is 2.41. The first-order valence-electron chi connectivity index (χ1n) is 3.39. The lowest BCUT2D eigenvalue weighted by molar-refractivity contribution is -0.133. The topological polar surface area (TPSA) is 46.5 Å². The summed E-state index contributed by atoms with van der Waals surface area (Å²) >= 11 is 0. The summed E-state index contributed by atoms with van der Waals surface area (Å²) in [5.74, 6) is -0.950. The summed E-state index contributed by atoms with van der Waals surface area (Å²) in [6.45, 7) is 3.99. The van der Waals surface area contributed by atoms with E-state index < -0.39 is 5.97 Å². The van der Waals surface area contributed by atoms with E-state index in [1.807, 2.05) is 12.2 Å². The summed E-state index contributed by atoms with van der Waals surface area (Å²) in [5.41, 5.74) is 0.196. The Bertz CT molecular complexity index is 205. The van der Waals surface area contributed by atoms with Gasteiger partial charge in [-0.15, -0.1) is 0 Å². The molecule has 0 bridgehead atoms. The van der Waals surface area contributed by atoms with Crippen LogP contribution in [0.4, 0.5) is 0 Å². The standard InChI is InChI=1S/C8H10O3/c1-6(8(9)10)5-7-3-2-4-11-7/h2-3,7H,1,4-5H2,(H,9,10). The van der Waals surface area contributed by atoms with Crippen molar-refractivity contribution in [1.29, 1.82) is 0 Å². The van der Waals surface area contributed by atoms with E-state index in [2.05, 4.69) is 6.58 Å². The normalized spacial score (nSPS) is 22.0. The highest BCUT2D eigenvalue weighted by Crippen LogP contribution is 2.12. The van der Waals surface area contributed by atoms with E-state index in [4.69, 9.17) is 9.84 Å². The minimum absolute atomic E-state index is 0.0846. The minimum Gasteiger partial charge on any atom is -0.478 e. The van der Waals surface area contributed by atoms with Gasteiger partial charge in [-0.2, -0.15) is 0 Å². The van der Waals surface area contributed by atoms with Crippen LogP contribution in [-0.2, 0) is 9.53 Å². The Labute approximate surface area is 65.0 Å². The third-order valence-electron chi connectivity index (χ3n) is 1.51. The number of aliphatic carboxylic acids is 1. The fraction of sp³-hybridized carbons (Fsp3) is 0.375. The first kappa shape index (κ1) is 8.01. The van der Waals surface area contributed by atoms with Crippen LogP contribution in [0.3, 0.4) is 0 Å². The number of hydrogen-bond acceptors (Lipinski definition) is 2. The van der Waals surface area contributed by atoms with E-state index in [0.717, 1.165) is 0 Å². The first-order chi connectivity index (χ1) is 5.20. The Kier molecular flexibility index (Phi) is 2.44. The van der Waals surface area contributed by atoms with Crippen LogP contribution in [0, 0.1) is 0 Å². The van der Waals surface area contributed by atoms with Crippen LogP contribution in [0.2, 0.25) is 0 Å². The predicted octanol–water partition coefficient (Wildman–Crippen LogP) is 0.972. The second-order valence-electron chi connectivity index (χ2n) is 2.41. The molecule has 1 N–H and O–H groups in total. The van der Waals surface area contributed by atoms with Gasteiger partial charge >= 0.3 is 5.97 Å². The molecule has 0 aliphatic carbocycles. The van der Waals surface area contributed by atoms with Crippen molar-refractivity contribution in [2.45, 2.75) is 12.5 Å². The van der Waals surface area contributed by atoms with Crippen molar-refractivity contribution in [2.24, 2.45) is 0 Å². The molecule has 0 aromatic rings. The monoisotopic (exact) mass is 154 g/mol. The van der Waals surface area contributed by atoms with Gasteiger partial charge in [0.1, 0.15) is 0 Å². The van der Waals surface area contributed by atoms with Gasteiger partial charge in [-0.05, 0) is 0 Å². The maximum atomic E-state index is 10.3. The zero-order valence-corrected chi connectivity index (χ0v) is 6.12. The molecule has 3 heteroatoms. The van der Waals surface area contributed by atoms with E-state index in [1.165, 1.54) is 0 Å². The summed E-state index contributed by atoms with van der Waals surface area (Å²) in [6, 6.07) is 0. The third kappa shape index (κ3) is 2.20. The number of hydrogen-bond donors (Lipinski definition) is 1.